The van der Waals surface area contributed by atoms with Gasteiger partial charge in [0.1, 0.15) is 21.7 Å². The molecule has 4 nitrogen and oxygen atoms in total. The first-order chi connectivity index (χ1) is 8.71. The molecular weight excluding hydrogens is 300 g/mol. The predicted molar refractivity (Wildman–Crippen MR) is 70.3 cm³/mol. The highest BCUT2D eigenvalue weighted by Crippen LogP contribution is 2.42. The molecule has 0 saturated carbocycles. The van der Waals surface area contributed by atoms with Crippen molar-refractivity contribution in [3.63, 3.8) is 0 Å². The maximum absolute atomic E-state index is 10.6. The number of carbonyl (C=O) groups is 1. The molecule has 0 aliphatic rings. The third-order valence-electron chi connectivity index (χ3n) is 2.49. The third kappa shape index (κ3) is 2.13. The van der Waals surface area contributed by atoms with E-state index in [0.29, 0.717) is 28.0 Å². The van der Waals surface area contributed by atoms with E-state index in [1.54, 1.807) is 32.4 Å². The Morgan fingerprint density at radius 2 is 1.94 bits per heavy atom. The first kappa shape index (κ1) is 12.7. The maximum atomic E-state index is 10.6. The topological polar surface area (TPSA) is 48.7 Å². The molecule has 1 aromatic heterocycles. The first-order valence-electron chi connectivity index (χ1n) is 5.17. The lowest BCUT2D eigenvalue weighted by atomic mass is 10.1. The minimum atomic E-state index is 0.277. The molecule has 0 unspecified atom stereocenters. The van der Waals surface area contributed by atoms with E-state index >= 15 is 0 Å². The molecule has 2 aromatic rings. The van der Waals surface area contributed by atoms with Crippen molar-refractivity contribution in [1.29, 1.82) is 0 Å². The summed E-state index contributed by atoms with van der Waals surface area (Å²) in [4.78, 5) is 10.6. The molecule has 0 radical (unpaired) electrons. The highest BCUT2D eigenvalue weighted by molar-refractivity contribution is 9.10. The lowest BCUT2D eigenvalue weighted by molar-refractivity contribution is 0.110. The van der Waals surface area contributed by atoms with Gasteiger partial charge in [0.05, 0.1) is 19.8 Å². The minimum Gasteiger partial charge on any atom is -0.495 e. The second-order valence-corrected chi connectivity index (χ2v) is 4.28. The number of ether oxygens (including phenoxy) is 2. The lowest BCUT2D eigenvalue weighted by Gasteiger charge is -2.11. The molecular formula is C13H11BrO4. The van der Waals surface area contributed by atoms with Gasteiger partial charge in [-0.25, -0.2) is 0 Å². The van der Waals surface area contributed by atoms with Gasteiger partial charge in [0, 0.05) is 0 Å². The summed E-state index contributed by atoms with van der Waals surface area (Å²) in [7, 11) is 3.14. The Morgan fingerprint density at radius 3 is 2.50 bits per heavy atom. The molecule has 0 aliphatic carbocycles. The standard InChI is InChI=1S/C13H11BrO4/c1-16-11-6-4-9(13(17-2)12(11)14)10-5-3-8(7-15)18-10/h3-7H,1-2H3. The van der Waals surface area contributed by atoms with Crippen LogP contribution in [0.3, 0.4) is 0 Å². The van der Waals surface area contributed by atoms with Crippen molar-refractivity contribution in [3.05, 3.63) is 34.5 Å². The van der Waals surface area contributed by atoms with Crippen LogP contribution in [-0.4, -0.2) is 20.5 Å². The number of aldehydes is 1. The van der Waals surface area contributed by atoms with Crippen LogP contribution in [0.1, 0.15) is 10.6 Å². The van der Waals surface area contributed by atoms with Crippen molar-refractivity contribution < 1.29 is 18.7 Å². The Bertz CT molecular complexity index is 574. The van der Waals surface area contributed by atoms with E-state index in [4.69, 9.17) is 13.9 Å². The molecule has 94 valence electrons. The maximum Gasteiger partial charge on any atom is 0.185 e. The number of carbonyl (C=O) groups excluding carboxylic acids is 1. The number of hydrogen-bond donors (Lipinski definition) is 0. The molecule has 0 aliphatic heterocycles. The number of benzene rings is 1. The predicted octanol–water partition coefficient (Wildman–Crippen LogP) is 3.54. The van der Waals surface area contributed by atoms with Crippen molar-refractivity contribution in [2.24, 2.45) is 0 Å². The molecule has 0 bridgehead atoms. The monoisotopic (exact) mass is 310 g/mol. The van der Waals surface area contributed by atoms with Crippen molar-refractivity contribution in [2.75, 3.05) is 14.2 Å². The summed E-state index contributed by atoms with van der Waals surface area (Å²) in [5.41, 5.74) is 0.748. The third-order valence-corrected chi connectivity index (χ3v) is 3.25. The van der Waals surface area contributed by atoms with Crippen LogP contribution in [-0.2, 0) is 0 Å². The van der Waals surface area contributed by atoms with Gasteiger partial charge in [0.15, 0.2) is 12.0 Å². The number of rotatable bonds is 4. The molecule has 18 heavy (non-hydrogen) atoms. The lowest BCUT2D eigenvalue weighted by Crippen LogP contribution is -1.92. The van der Waals surface area contributed by atoms with Crippen LogP contribution in [0, 0.1) is 0 Å². The van der Waals surface area contributed by atoms with Crippen molar-refractivity contribution in [3.8, 4) is 22.8 Å². The zero-order valence-electron chi connectivity index (χ0n) is 9.90. The van der Waals surface area contributed by atoms with Gasteiger partial charge in [-0.05, 0) is 40.2 Å². The molecule has 0 atom stereocenters. The highest BCUT2D eigenvalue weighted by atomic mass is 79.9. The van der Waals surface area contributed by atoms with Gasteiger partial charge in [0.2, 0.25) is 0 Å². The zero-order valence-corrected chi connectivity index (χ0v) is 11.5. The van der Waals surface area contributed by atoms with E-state index in [2.05, 4.69) is 15.9 Å². The van der Waals surface area contributed by atoms with Crippen LogP contribution in [0.2, 0.25) is 0 Å². The summed E-state index contributed by atoms with van der Waals surface area (Å²) in [6, 6.07) is 6.95. The first-order valence-corrected chi connectivity index (χ1v) is 5.96. The molecule has 0 spiro atoms. The molecule has 1 aromatic carbocycles. The fourth-order valence-corrected chi connectivity index (χ4v) is 2.32. The average Bonchev–Trinajstić information content (AvgIpc) is 2.87. The van der Waals surface area contributed by atoms with E-state index in [1.165, 1.54) is 0 Å². The Morgan fingerprint density at radius 1 is 1.17 bits per heavy atom. The Kier molecular flexibility index (Phi) is 3.72. The van der Waals surface area contributed by atoms with Crippen LogP contribution in [0.5, 0.6) is 11.5 Å². The van der Waals surface area contributed by atoms with Crippen molar-refractivity contribution in [2.45, 2.75) is 0 Å². The van der Waals surface area contributed by atoms with E-state index in [0.717, 1.165) is 5.56 Å². The summed E-state index contributed by atoms with van der Waals surface area (Å²) in [6.45, 7) is 0. The number of methoxy groups -OCH3 is 2. The summed E-state index contributed by atoms with van der Waals surface area (Å²) in [6.07, 6.45) is 0.661. The van der Waals surface area contributed by atoms with E-state index < -0.39 is 0 Å². The van der Waals surface area contributed by atoms with Gasteiger partial charge in [-0.2, -0.15) is 0 Å². The van der Waals surface area contributed by atoms with Gasteiger partial charge in [-0.1, -0.05) is 0 Å². The minimum absolute atomic E-state index is 0.277. The SMILES string of the molecule is COc1ccc(-c2ccc(C=O)o2)c(OC)c1Br. The second kappa shape index (κ2) is 5.27. The average molecular weight is 311 g/mol. The van der Waals surface area contributed by atoms with Crippen LogP contribution < -0.4 is 9.47 Å². The molecule has 5 heteroatoms. The van der Waals surface area contributed by atoms with Gasteiger partial charge in [-0.15, -0.1) is 0 Å². The van der Waals surface area contributed by atoms with E-state index in [9.17, 15) is 4.79 Å². The van der Waals surface area contributed by atoms with Gasteiger partial charge in [-0.3, -0.25) is 4.79 Å². The molecule has 0 fully saturated rings. The Labute approximate surface area is 113 Å². The molecule has 1 heterocycles. The van der Waals surface area contributed by atoms with Gasteiger partial charge >= 0.3 is 0 Å². The van der Waals surface area contributed by atoms with E-state index in [-0.39, 0.29) is 5.76 Å². The smallest absolute Gasteiger partial charge is 0.185 e. The molecule has 0 amide bonds. The quantitative estimate of drug-likeness (QED) is 0.810. The molecule has 2 rings (SSSR count). The fourth-order valence-electron chi connectivity index (χ4n) is 1.65. The number of furan rings is 1. The molecule has 0 saturated heterocycles. The zero-order chi connectivity index (χ0) is 13.1. The molecule has 0 N–H and O–H groups in total. The normalized spacial score (nSPS) is 10.2. The van der Waals surface area contributed by atoms with Crippen molar-refractivity contribution in [1.82, 2.24) is 0 Å². The van der Waals surface area contributed by atoms with E-state index in [1.807, 2.05) is 6.07 Å². The van der Waals surface area contributed by atoms with Crippen LogP contribution in [0.25, 0.3) is 11.3 Å². The van der Waals surface area contributed by atoms with Gasteiger partial charge in [0.25, 0.3) is 0 Å². The van der Waals surface area contributed by atoms with Gasteiger partial charge < -0.3 is 13.9 Å². The highest BCUT2D eigenvalue weighted by Gasteiger charge is 2.16. The van der Waals surface area contributed by atoms with Crippen LogP contribution in [0.4, 0.5) is 0 Å². The van der Waals surface area contributed by atoms with Crippen LogP contribution >= 0.6 is 15.9 Å². The summed E-state index contributed by atoms with van der Waals surface area (Å²) in [5.74, 6) is 2.11. The summed E-state index contributed by atoms with van der Waals surface area (Å²) < 4.78 is 16.6. The van der Waals surface area contributed by atoms with Crippen molar-refractivity contribution >= 4 is 22.2 Å². The number of halogens is 1. The fraction of sp³-hybridized carbons (Fsp3) is 0.154. The number of hydrogen-bond acceptors (Lipinski definition) is 4. The largest absolute Gasteiger partial charge is 0.495 e. The summed E-state index contributed by atoms with van der Waals surface area (Å²) in [5, 5.41) is 0. The summed E-state index contributed by atoms with van der Waals surface area (Å²) >= 11 is 3.41. The Balaban J connectivity index is 2.56. The van der Waals surface area contributed by atoms with Crippen LogP contribution in [0.15, 0.2) is 33.2 Å². The Hall–Kier alpha value is -1.75. The second-order valence-electron chi connectivity index (χ2n) is 3.48.